The fraction of sp³-hybridized carbons (Fsp3) is 0.308. The van der Waals surface area contributed by atoms with Crippen molar-refractivity contribution < 1.29 is 0 Å². The SMILES string of the molecule is Cc1csc(CCNc2nccc(C)c2C#N)n1. The third kappa shape index (κ3) is 2.84. The van der Waals surface area contributed by atoms with Crippen LogP contribution in [-0.2, 0) is 6.42 Å². The Morgan fingerprint density at radius 2 is 2.28 bits per heavy atom. The van der Waals surface area contributed by atoms with Gasteiger partial charge in [0.15, 0.2) is 0 Å². The number of pyridine rings is 1. The summed E-state index contributed by atoms with van der Waals surface area (Å²) in [6.45, 7) is 4.64. The topological polar surface area (TPSA) is 61.6 Å². The Balaban J connectivity index is 1.99. The van der Waals surface area contributed by atoms with E-state index in [4.69, 9.17) is 5.26 Å². The minimum Gasteiger partial charge on any atom is -0.369 e. The molecule has 0 spiro atoms. The second kappa shape index (κ2) is 5.61. The summed E-state index contributed by atoms with van der Waals surface area (Å²) < 4.78 is 0. The summed E-state index contributed by atoms with van der Waals surface area (Å²) >= 11 is 1.66. The number of nitriles is 1. The van der Waals surface area contributed by atoms with E-state index in [9.17, 15) is 0 Å². The van der Waals surface area contributed by atoms with E-state index in [0.717, 1.165) is 29.2 Å². The number of nitrogens with zero attached hydrogens (tertiary/aromatic N) is 3. The summed E-state index contributed by atoms with van der Waals surface area (Å²) in [7, 11) is 0. The zero-order valence-corrected chi connectivity index (χ0v) is 11.2. The van der Waals surface area contributed by atoms with Gasteiger partial charge in [-0.25, -0.2) is 9.97 Å². The number of anilines is 1. The maximum Gasteiger partial charge on any atom is 0.144 e. The van der Waals surface area contributed by atoms with Crippen LogP contribution in [0.5, 0.6) is 0 Å². The van der Waals surface area contributed by atoms with Crippen LogP contribution >= 0.6 is 11.3 Å². The van der Waals surface area contributed by atoms with Crippen molar-refractivity contribution in [3.05, 3.63) is 39.5 Å². The van der Waals surface area contributed by atoms with E-state index in [-0.39, 0.29) is 0 Å². The van der Waals surface area contributed by atoms with E-state index in [1.807, 2.05) is 25.3 Å². The minimum absolute atomic E-state index is 0.618. The Morgan fingerprint density at radius 1 is 1.44 bits per heavy atom. The summed E-state index contributed by atoms with van der Waals surface area (Å²) in [6, 6.07) is 4.02. The first kappa shape index (κ1) is 12.5. The largest absolute Gasteiger partial charge is 0.369 e. The normalized spacial score (nSPS) is 10.1. The molecule has 2 aromatic rings. The van der Waals surface area contributed by atoms with Crippen LogP contribution in [0.1, 0.15) is 21.8 Å². The average molecular weight is 258 g/mol. The summed E-state index contributed by atoms with van der Waals surface area (Å²) in [6.07, 6.45) is 2.56. The summed E-state index contributed by atoms with van der Waals surface area (Å²) in [4.78, 5) is 8.59. The number of nitrogens with one attached hydrogen (secondary N) is 1. The zero-order valence-electron chi connectivity index (χ0n) is 10.4. The van der Waals surface area contributed by atoms with E-state index in [1.165, 1.54) is 0 Å². The van der Waals surface area contributed by atoms with Crippen molar-refractivity contribution in [2.75, 3.05) is 11.9 Å². The van der Waals surface area contributed by atoms with E-state index < -0.39 is 0 Å². The molecule has 0 atom stereocenters. The van der Waals surface area contributed by atoms with Crippen LogP contribution < -0.4 is 5.32 Å². The van der Waals surface area contributed by atoms with Gasteiger partial charge < -0.3 is 5.32 Å². The number of hydrogen-bond donors (Lipinski definition) is 1. The van der Waals surface area contributed by atoms with Gasteiger partial charge in [0.1, 0.15) is 11.9 Å². The van der Waals surface area contributed by atoms with Crippen LogP contribution in [0, 0.1) is 25.2 Å². The van der Waals surface area contributed by atoms with Gasteiger partial charge in [0, 0.05) is 30.2 Å². The van der Waals surface area contributed by atoms with Crippen LogP contribution in [0.25, 0.3) is 0 Å². The third-order valence-corrected chi connectivity index (χ3v) is 3.60. The predicted molar refractivity (Wildman–Crippen MR) is 72.7 cm³/mol. The van der Waals surface area contributed by atoms with Crippen LogP contribution in [0.4, 0.5) is 5.82 Å². The van der Waals surface area contributed by atoms with Crippen LogP contribution in [0.15, 0.2) is 17.6 Å². The van der Waals surface area contributed by atoms with Gasteiger partial charge in [-0.2, -0.15) is 5.26 Å². The van der Waals surface area contributed by atoms with Gasteiger partial charge in [0.2, 0.25) is 0 Å². The molecule has 0 bridgehead atoms. The summed E-state index contributed by atoms with van der Waals surface area (Å²) in [5.41, 5.74) is 2.62. The molecule has 0 aliphatic rings. The molecule has 0 radical (unpaired) electrons. The van der Waals surface area contributed by atoms with Crippen LogP contribution in [-0.4, -0.2) is 16.5 Å². The van der Waals surface area contributed by atoms with Crippen molar-refractivity contribution in [2.45, 2.75) is 20.3 Å². The van der Waals surface area contributed by atoms with Gasteiger partial charge in [0.25, 0.3) is 0 Å². The minimum atomic E-state index is 0.618. The van der Waals surface area contributed by atoms with Gasteiger partial charge in [-0.05, 0) is 25.5 Å². The first-order valence-electron chi connectivity index (χ1n) is 5.71. The maximum absolute atomic E-state index is 9.08. The molecule has 18 heavy (non-hydrogen) atoms. The van der Waals surface area contributed by atoms with E-state index in [2.05, 4.69) is 21.4 Å². The number of aryl methyl sites for hydroxylation is 2. The molecule has 2 aromatic heterocycles. The van der Waals surface area contributed by atoms with Crippen molar-refractivity contribution >= 4 is 17.2 Å². The highest BCUT2D eigenvalue weighted by molar-refractivity contribution is 7.09. The van der Waals surface area contributed by atoms with Crippen molar-refractivity contribution in [2.24, 2.45) is 0 Å². The molecule has 0 saturated carbocycles. The standard InChI is InChI=1S/C13H14N4S/c1-9-3-5-15-13(11(9)7-14)16-6-4-12-17-10(2)8-18-12/h3,5,8H,4,6H2,1-2H3,(H,15,16). The van der Waals surface area contributed by atoms with Crippen molar-refractivity contribution in [3.63, 3.8) is 0 Å². The summed E-state index contributed by atoms with van der Waals surface area (Å²) in [5.74, 6) is 0.658. The highest BCUT2D eigenvalue weighted by Gasteiger charge is 2.06. The number of aromatic nitrogens is 2. The smallest absolute Gasteiger partial charge is 0.144 e. The first-order chi connectivity index (χ1) is 8.70. The quantitative estimate of drug-likeness (QED) is 0.916. The molecule has 5 heteroatoms. The molecule has 0 fully saturated rings. The zero-order chi connectivity index (χ0) is 13.0. The lowest BCUT2D eigenvalue weighted by molar-refractivity contribution is 0.975. The number of thiazole rings is 1. The van der Waals surface area contributed by atoms with E-state index >= 15 is 0 Å². The van der Waals surface area contributed by atoms with Crippen molar-refractivity contribution in [3.8, 4) is 6.07 Å². The monoisotopic (exact) mass is 258 g/mol. The van der Waals surface area contributed by atoms with Crippen molar-refractivity contribution in [1.29, 1.82) is 5.26 Å². The summed E-state index contributed by atoms with van der Waals surface area (Å²) in [5, 5.41) is 15.4. The van der Waals surface area contributed by atoms with Crippen molar-refractivity contribution in [1.82, 2.24) is 9.97 Å². The predicted octanol–water partition coefficient (Wildman–Crippen LogP) is 2.68. The molecule has 1 N–H and O–H groups in total. The highest BCUT2D eigenvalue weighted by atomic mass is 32.1. The Bertz CT molecular complexity index is 583. The lowest BCUT2D eigenvalue weighted by Gasteiger charge is -2.07. The van der Waals surface area contributed by atoms with Crippen LogP contribution in [0.3, 0.4) is 0 Å². The molecule has 0 unspecified atom stereocenters. The lowest BCUT2D eigenvalue weighted by Crippen LogP contribution is -2.08. The molecular weight excluding hydrogens is 244 g/mol. The molecule has 0 aromatic carbocycles. The molecule has 4 nitrogen and oxygen atoms in total. The molecule has 2 heterocycles. The second-order valence-corrected chi connectivity index (χ2v) is 4.97. The van der Waals surface area contributed by atoms with E-state index in [0.29, 0.717) is 11.4 Å². The molecular formula is C13H14N4S. The van der Waals surface area contributed by atoms with E-state index in [1.54, 1.807) is 17.5 Å². The Morgan fingerprint density at radius 3 is 2.94 bits per heavy atom. The number of rotatable bonds is 4. The van der Waals surface area contributed by atoms with Gasteiger partial charge in [-0.1, -0.05) is 0 Å². The Hall–Kier alpha value is -1.93. The second-order valence-electron chi connectivity index (χ2n) is 4.02. The highest BCUT2D eigenvalue weighted by Crippen LogP contribution is 2.15. The molecule has 0 aliphatic carbocycles. The first-order valence-corrected chi connectivity index (χ1v) is 6.59. The maximum atomic E-state index is 9.08. The molecule has 2 rings (SSSR count). The fourth-order valence-corrected chi connectivity index (χ4v) is 2.41. The average Bonchev–Trinajstić information content (AvgIpc) is 2.75. The lowest BCUT2D eigenvalue weighted by atomic mass is 10.1. The van der Waals surface area contributed by atoms with Gasteiger partial charge in [0.05, 0.1) is 10.6 Å². The molecule has 0 aliphatic heterocycles. The molecule has 92 valence electrons. The number of hydrogen-bond acceptors (Lipinski definition) is 5. The third-order valence-electron chi connectivity index (χ3n) is 2.57. The van der Waals surface area contributed by atoms with Crippen LogP contribution in [0.2, 0.25) is 0 Å². The molecule has 0 amide bonds. The molecule has 0 saturated heterocycles. The van der Waals surface area contributed by atoms with Gasteiger partial charge in [-0.3, -0.25) is 0 Å². The Labute approximate surface area is 110 Å². The van der Waals surface area contributed by atoms with Gasteiger partial charge >= 0.3 is 0 Å². The van der Waals surface area contributed by atoms with Gasteiger partial charge in [-0.15, -0.1) is 11.3 Å². The Kier molecular flexibility index (Phi) is 3.90. The fourth-order valence-electron chi connectivity index (χ4n) is 1.64.